The van der Waals surface area contributed by atoms with Gasteiger partial charge in [0.2, 0.25) is 0 Å². The zero-order chi connectivity index (χ0) is 37.5. The first-order chi connectivity index (χ1) is 28.2. The number of nitrogens with zero attached hydrogens (tertiary/aromatic N) is 2. The molecule has 3 heteroatoms. The first-order valence-electron chi connectivity index (χ1n) is 20.9. The second kappa shape index (κ2) is 13.1. The van der Waals surface area contributed by atoms with Crippen LogP contribution < -0.4 is 0 Å². The third kappa shape index (κ3) is 5.32. The molecule has 1 aliphatic heterocycles. The van der Waals surface area contributed by atoms with Crippen LogP contribution in [-0.4, -0.2) is 21.6 Å². The fourth-order valence-electron chi connectivity index (χ4n) is 10.8. The minimum Gasteiger partial charge on any atom is -0.456 e. The van der Waals surface area contributed by atoms with Crippen molar-refractivity contribution < 1.29 is 4.42 Å². The minimum atomic E-state index is 0.272. The molecule has 276 valence electrons. The molecular weight excluding hydrogens is 693 g/mol. The predicted octanol–water partition coefficient (Wildman–Crippen LogP) is 13.1. The van der Waals surface area contributed by atoms with Crippen molar-refractivity contribution in [3.8, 4) is 0 Å². The van der Waals surface area contributed by atoms with Crippen LogP contribution in [0, 0.1) is 5.92 Å². The Labute approximate surface area is 334 Å². The molecule has 0 N–H and O–H groups in total. The van der Waals surface area contributed by atoms with E-state index in [4.69, 9.17) is 4.42 Å². The van der Waals surface area contributed by atoms with Gasteiger partial charge in [0.15, 0.2) is 0 Å². The molecule has 57 heavy (non-hydrogen) atoms. The molecule has 0 fully saturated rings. The molecule has 5 atom stereocenters. The number of rotatable bonds is 5. The minimum absolute atomic E-state index is 0.272. The van der Waals surface area contributed by atoms with Crippen molar-refractivity contribution >= 4 is 44.5 Å². The van der Waals surface area contributed by atoms with Gasteiger partial charge in [0.1, 0.15) is 11.3 Å². The van der Waals surface area contributed by atoms with E-state index in [1.54, 1.807) is 5.57 Å². The van der Waals surface area contributed by atoms with E-state index in [1.165, 1.54) is 66.4 Å². The monoisotopic (exact) mass is 736 g/mol. The van der Waals surface area contributed by atoms with Crippen LogP contribution in [0.3, 0.4) is 0 Å². The highest BCUT2D eigenvalue weighted by Gasteiger charge is 2.43. The summed E-state index contributed by atoms with van der Waals surface area (Å²) in [6, 6.07) is 36.4. The highest BCUT2D eigenvalue weighted by atomic mass is 16.3. The van der Waals surface area contributed by atoms with E-state index in [1.807, 2.05) is 0 Å². The molecule has 0 saturated heterocycles. The van der Waals surface area contributed by atoms with E-state index in [2.05, 4.69) is 186 Å². The Balaban J connectivity index is 0.912. The van der Waals surface area contributed by atoms with Gasteiger partial charge < -0.3 is 13.9 Å². The maximum absolute atomic E-state index is 6.26. The standard InChI is InChI=1S/C54H44N2O/c1-3-13-35(14-4-1)39-29-40(36-15-5-2-6-16-36)31-42(30-39)56-50-21-11-8-18-44(50)47-33-38(24-27-52(47)56)37-23-26-51-46(32-37)43-17-7-10-20-49(43)55(51)41-25-28-54-48(34-41)45-19-9-12-22-53(45)57-54/h1,3-5,7-28,30-31,33,37,39,41,43,49H,2,6,29,32,34H2. The van der Waals surface area contributed by atoms with Crippen LogP contribution in [0.25, 0.3) is 44.5 Å². The molecule has 5 unspecified atom stereocenters. The summed E-state index contributed by atoms with van der Waals surface area (Å²) in [5.74, 6) is 2.02. The largest absolute Gasteiger partial charge is 0.456 e. The van der Waals surface area contributed by atoms with Crippen molar-refractivity contribution in [3.63, 3.8) is 0 Å². The summed E-state index contributed by atoms with van der Waals surface area (Å²) in [5.41, 5.74) is 14.6. The maximum Gasteiger partial charge on any atom is 0.135 e. The smallest absolute Gasteiger partial charge is 0.135 e. The number of para-hydroxylation sites is 2. The third-order valence-corrected chi connectivity index (χ3v) is 13.4. The number of aromatic nitrogens is 1. The van der Waals surface area contributed by atoms with Crippen LogP contribution >= 0.6 is 0 Å². The Hall–Kier alpha value is -6.32. The van der Waals surface area contributed by atoms with Gasteiger partial charge in [0.25, 0.3) is 0 Å². The zero-order valence-corrected chi connectivity index (χ0v) is 32.0. The summed E-state index contributed by atoms with van der Waals surface area (Å²) in [7, 11) is 0. The molecule has 2 aromatic heterocycles. The molecule has 3 nitrogen and oxygen atoms in total. The first kappa shape index (κ1) is 32.9. The molecule has 0 bridgehead atoms. The van der Waals surface area contributed by atoms with Gasteiger partial charge in [-0.2, -0.15) is 0 Å². The lowest BCUT2D eigenvalue weighted by atomic mass is 9.80. The molecule has 0 amide bonds. The van der Waals surface area contributed by atoms with Crippen LogP contribution in [0.15, 0.2) is 197 Å². The van der Waals surface area contributed by atoms with Crippen molar-refractivity contribution in [1.29, 1.82) is 0 Å². The quantitative estimate of drug-likeness (QED) is 0.176. The lowest BCUT2D eigenvalue weighted by Crippen LogP contribution is -2.41. The molecule has 5 aliphatic carbocycles. The molecule has 0 radical (unpaired) electrons. The fourth-order valence-corrected chi connectivity index (χ4v) is 10.8. The number of hydrogen-bond acceptors (Lipinski definition) is 2. The lowest BCUT2D eigenvalue weighted by molar-refractivity contribution is 0.254. The molecule has 0 spiro atoms. The van der Waals surface area contributed by atoms with E-state index in [9.17, 15) is 0 Å². The Kier molecular flexibility index (Phi) is 7.58. The lowest BCUT2D eigenvalue weighted by Gasteiger charge is -2.37. The van der Waals surface area contributed by atoms with Crippen molar-refractivity contribution in [1.82, 2.24) is 9.47 Å². The Morgan fingerprint density at radius 3 is 2.39 bits per heavy atom. The fraction of sp³-hybridized carbons (Fsp3) is 0.185. The summed E-state index contributed by atoms with van der Waals surface area (Å²) >= 11 is 0. The summed E-state index contributed by atoms with van der Waals surface area (Å²) in [6.45, 7) is 0. The van der Waals surface area contributed by atoms with Crippen LogP contribution in [0.5, 0.6) is 0 Å². The second-order valence-electron chi connectivity index (χ2n) is 16.6. The second-order valence-corrected chi connectivity index (χ2v) is 16.6. The van der Waals surface area contributed by atoms with Crippen LogP contribution in [-0.2, 0) is 6.42 Å². The molecule has 4 aromatic carbocycles. The summed E-state index contributed by atoms with van der Waals surface area (Å²) < 4.78 is 8.78. The van der Waals surface area contributed by atoms with E-state index >= 15 is 0 Å². The van der Waals surface area contributed by atoms with E-state index in [0.29, 0.717) is 23.8 Å². The number of benzene rings is 4. The first-order valence-corrected chi connectivity index (χ1v) is 20.9. The Morgan fingerprint density at radius 2 is 1.47 bits per heavy atom. The summed E-state index contributed by atoms with van der Waals surface area (Å²) in [5, 5.41) is 3.88. The molecule has 3 heterocycles. The van der Waals surface area contributed by atoms with Crippen LogP contribution in [0.2, 0.25) is 0 Å². The highest BCUT2D eigenvalue weighted by Crippen LogP contribution is 2.49. The van der Waals surface area contributed by atoms with Gasteiger partial charge in [0.05, 0.1) is 23.1 Å². The van der Waals surface area contributed by atoms with Gasteiger partial charge in [-0.3, -0.25) is 0 Å². The van der Waals surface area contributed by atoms with Gasteiger partial charge in [-0.05, 0) is 96.0 Å². The Bertz CT molecular complexity index is 2910. The van der Waals surface area contributed by atoms with Gasteiger partial charge in [-0.1, -0.05) is 134 Å². The van der Waals surface area contributed by atoms with Crippen LogP contribution in [0.1, 0.15) is 60.0 Å². The highest BCUT2D eigenvalue weighted by molar-refractivity contribution is 6.10. The van der Waals surface area contributed by atoms with Crippen molar-refractivity contribution in [3.05, 3.63) is 215 Å². The van der Waals surface area contributed by atoms with Gasteiger partial charge in [-0.25, -0.2) is 0 Å². The number of allylic oxidation sites excluding steroid dienone is 12. The van der Waals surface area contributed by atoms with Gasteiger partial charge in [-0.15, -0.1) is 0 Å². The topological polar surface area (TPSA) is 21.3 Å². The SMILES string of the molecule is C1=CC2C3=C(C=CC(c4ccc5c(c4)c4ccccc4n5C4=CC(c5ccccc5)CC(C5=CCCC=C5)=C4)C3)N(C3C=Cc4oc5ccccc5c4C3)C2C=C1. The molecule has 6 aromatic rings. The zero-order valence-electron chi connectivity index (χ0n) is 32.0. The van der Waals surface area contributed by atoms with Crippen molar-refractivity contribution in [2.24, 2.45) is 5.92 Å². The average Bonchev–Trinajstić information content (AvgIpc) is 3.94. The maximum atomic E-state index is 6.26. The molecule has 6 aliphatic rings. The molecular formula is C54H44N2O. The Morgan fingerprint density at radius 1 is 0.632 bits per heavy atom. The van der Waals surface area contributed by atoms with Crippen molar-refractivity contribution in [2.75, 3.05) is 0 Å². The van der Waals surface area contributed by atoms with E-state index in [-0.39, 0.29) is 6.04 Å². The van der Waals surface area contributed by atoms with E-state index in [0.717, 1.165) is 43.4 Å². The average molecular weight is 737 g/mol. The third-order valence-electron chi connectivity index (χ3n) is 13.4. The summed E-state index contributed by atoms with van der Waals surface area (Å²) in [6.07, 6.45) is 36.2. The van der Waals surface area contributed by atoms with Gasteiger partial charge in [0, 0.05) is 57.3 Å². The number of furan rings is 1. The van der Waals surface area contributed by atoms with E-state index < -0.39 is 0 Å². The number of hydrogen-bond donors (Lipinski definition) is 0. The van der Waals surface area contributed by atoms with Crippen LogP contribution in [0.4, 0.5) is 0 Å². The normalized spacial score (nSPS) is 24.9. The predicted molar refractivity (Wildman–Crippen MR) is 236 cm³/mol. The molecule has 0 saturated carbocycles. The summed E-state index contributed by atoms with van der Waals surface area (Å²) in [4.78, 5) is 2.70. The number of fused-ring (bicyclic) bond motifs is 8. The van der Waals surface area contributed by atoms with Gasteiger partial charge >= 0.3 is 0 Å². The van der Waals surface area contributed by atoms with Crippen molar-refractivity contribution in [2.45, 2.75) is 56.0 Å². The molecule has 12 rings (SSSR count).